The van der Waals surface area contributed by atoms with Gasteiger partial charge < -0.3 is 30.0 Å². The summed E-state index contributed by atoms with van der Waals surface area (Å²) < 4.78 is 21.3. The van der Waals surface area contributed by atoms with E-state index < -0.39 is 6.29 Å². The van der Waals surface area contributed by atoms with Crippen LogP contribution in [0.25, 0.3) is 10.2 Å². The highest BCUT2D eigenvalue weighted by Gasteiger charge is 2.38. The van der Waals surface area contributed by atoms with Gasteiger partial charge in [0.25, 0.3) is 0 Å². The van der Waals surface area contributed by atoms with E-state index in [9.17, 15) is 9.90 Å². The first-order chi connectivity index (χ1) is 24.0. The number of nitrogens with one attached hydrogen (secondary N) is 2. The van der Waals surface area contributed by atoms with E-state index in [1.807, 2.05) is 97.1 Å². The lowest BCUT2D eigenvalue weighted by Crippen LogP contribution is -2.38. The molecule has 7 rings (SSSR count). The molecule has 0 bridgehead atoms. The zero-order valence-electron chi connectivity index (χ0n) is 26.7. The van der Waals surface area contributed by atoms with E-state index in [1.165, 1.54) is 0 Å². The number of aliphatic hydroxyl groups excluding tert-OH is 1. The standard InChI is InChI=1S/C39H35N3O5S2/c1-25-34(24-48-39-42-33-12-5-6-13-35(33)49-39)46-37(47-36(25)27-16-14-26(23-43)15-17-27)28-8-7-9-30(22-28)41-38(44)40-29-18-20-32(21-19-29)45-31-10-3-2-4-11-31/h2-22,25,34,36-37,43H,23-24H2,1H3,(H2,40,41,44)/t25-,34+,36+,37+/m1/s1. The summed E-state index contributed by atoms with van der Waals surface area (Å²) in [4.78, 5) is 17.8. The van der Waals surface area contributed by atoms with Crippen molar-refractivity contribution in [3.05, 3.63) is 144 Å². The van der Waals surface area contributed by atoms with Gasteiger partial charge in [-0.25, -0.2) is 9.78 Å². The average molecular weight is 690 g/mol. The van der Waals surface area contributed by atoms with E-state index in [4.69, 9.17) is 19.2 Å². The van der Waals surface area contributed by atoms with Crippen molar-refractivity contribution in [2.75, 3.05) is 16.4 Å². The largest absolute Gasteiger partial charge is 0.457 e. The maximum atomic E-state index is 13.0. The molecule has 0 radical (unpaired) electrons. The lowest BCUT2D eigenvalue weighted by atomic mass is 9.91. The third-order valence-electron chi connectivity index (χ3n) is 8.28. The van der Waals surface area contributed by atoms with Crippen LogP contribution in [0.2, 0.25) is 0 Å². The Morgan fingerprint density at radius 3 is 2.33 bits per heavy atom. The number of para-hydroxylation sites is 2. The van der Waals surface area contributed by atoms with Crippen LogP contribution in [0.3, 0.4) is 0 Å². The van der Waals surface area contributed by atoms with Crippen molar-refractivity contribution in [2.45, 2.75) is 36.4 Å². The summed E-state index contributed by atoms with van der Waals surface area (Å²) >= 11 is 3.37. The average Bonchev–Trinajstić information content (AvgIpc) is 3.56. The zero-order chi connectivity index (χ0) is 33.6. The molecule has 0 spiro atoms. The number of fused-ring (bicyclic) bond motifs is 1. The molecule has 5 aromatic carbocycles. The second-order valence-electron chi connectivity index (χ2n) is 11.7. The van der Waals surface area contributed by atoms with Gasteiger partial charge in [0, 0.05) is 28.6 Å². The highest BCUT2D eigenvalue weighted by atomic mass is 32.2. The number of carbonyl (C=O) groups is 1. The van der Waals surface area contributed by atoms with Gasteiger partial charge in [0.1, 0.15) is 11.5 Å². The van der Waals surface area contributed by atoms with Crippen LogP contribution < -0.4 is 15.4 Å². The first-order valence-corrected chi connectivity index (χ1v) is 17.8. The fourth-order valence-corrected chi connectivity index (χ4v) is 7.92. The maximum Gasteiger partial charge on any atom is 0.323 e. The number of urea groups is 1. The Labute approximate surface area is 293 Å². The van der Waals surface area contributed by atoms with Gasteiger partial charge in [-0.05, 0) is 71.8 Å². The van der Waals surface area contributed by atoms with Crippen LogP contribution in [0.5, 0.6) is 11.5 Å². The summed E-state index contributed by atoms with van der Waals surface area (Å²) in [6.07, 6.45) is -1.06. The molecule has 3 N–H and O–H groups in total. The monoisotopic (exact) mass is 689 g/mol. The van der Waals surface area contributed by atoms with E-state index >= 15 is 0 Å². The predicted molar refractivity (Wildman–Crippen MR) is 195 cm³/mol. The number of carbonyl (C=O) groups excluding carboxylic acids is 1. The second kappa shape index (κ2) is 15.2. The number of aromatic nitrogens is 1. The van der Waals surface area contributed by atoms with Gasteiger partial charge in [-0.2, -0.15) is 0 Å². The Hall–Kier alpha value is -4.71. The van der Waals surface area contributed by atoms with Crippen molar-refractivity contribution in [3.8, 4) is 11.5 Å². The van der Waals surface area contributed by atoms with Crippen LogP contribution in [0.15, 0.2) is 132 Å². The molecule has 49 heavy (non-hydrogen) atoms. The van der Waals surface area contributed by atoms with Gasteiger partial charge in [0.15, 0.2) is 10.6 Å². The second-order valence-corrected chi connectivity index (χ2v) is 14.0. The van der Waals surface area contributed by atoms with Crippen LogP contribution in [0, 0.1) is 5.92 Å². The van der Waals surface area contributed by atoms with Crippen molar-refractivity contribution >= 4 is 50.7 Å². The molecule has 4 atom stereocenters. The number of anilines is 2. The van der Waals surface area contributed by atoms with Crippen LogP contribution in [0.1, 0.15) is 36.0 Å². The van der Waals surface area contributed by atoms with Crippen molar-refractivity contribution in [1.29, 1.82) is 0 Å². The molecule has 2 amide bonds. The highest BCUT2D eigenvalue weighted by molar-refractivity contribution is 8.01. The molecule has 1 aliphatic rings. The summed E-state index contributed by atoms with van der Waals surface area (Å²) in [6, 6.07) is 39.9. The smallest absolute Gasteiger partial charge is 0.323 e. The minimum absolute atomic E-state index is 0.0180. The van der Waals surface area contributed by atoms with E-state index in [0.717, 1.165) is 37.0 Å². The van der Waals surface area contributed by atoms with Crippen molar-refractivity contribution < 1.29 is 24.1 Å². The maximum absolute atomic E-state index is 13.0. The normalized spacial score (nSPS) is 19.0. The summed E-state index contributed by atoms with van der Waals surface area (Å²) in [5.74, 6) is 2.15. The summed E-state index contributed by atoms with van der Waals surface area (Å²) in [5, 5.41) is 15.4. The van der Waals surface area contributed by atoms with Crippen LogP contribution in [-0.2, 0) is 16.1 Å². The topological polar surface area (TPSA) is 102 Å². The first-order valence-electron chi connectivity index (χ1n) is 16.0. The number of ether oxygens (including phenoxy) is 3. The van der Waals surface area contributed by atoms with E-state index in [2.05, 4.69) is 23.6 Å². The van der Waals surface area contributed by atoms with Crippen LogP contribution in [-0.4, -0.2) is 28.0 Å². The number of hydrogen-bond acceptors (Lipinski definition) is 8. The molecule has 248 valence electrons. The molecule has 1 saturated heterocycles. The third-order valence-corrected chi connectivity index (χ3v) is 10.5. The molecule has 2 heterocycles. The molecule has 0 aliphatic carbocycles. The highest BCUT2D eigenvalue weighted by Crippen LogP contribution is 2.44. The lowest BCUT2D eigenvalue weighted by Gasteiger charge is -2.41. The molecule has 8 nitrogen and oxygen atoms in total. The zero-order valence-corrected chi connectivity index (χ0v) is 28.3. The first kappa shape index (κ1) is 32.8. The number of hydrogen-bond donors (Lipinski definition) is 3. The molecule has 6 aromatic rings. The number of thioether (sulfide) groups is 1. The summed E-state index contributed by atoms with van der Waals surface area (Å²) in [6.45, 7) is 2.13. The molecule has 10 heteroatoms. The SMILES string of the molecule is C[C@@H]1[C@H](CSc2nc3ccccc3s2)O[C@H](c2cccc(NC(=O)Nc3ccc(Oc4ccccc4)cc3)c2)O[C@@H]1c1ccc(CO)cc1. The number of aliphatic hydroxyl groups is 1. The van der Waals surface area contributed by atoms with Gasteiger partial charge in [-0.3, -0.25) is 0 Å². The molecular formula is C39H35N3O5S2. The van der Waals surface area contributed by atoms with Gasteiger partial charge in [-0.1, -0.05) is 85.4 Å². The summed E-state index contributed by atoms with van der Waals surface area (Å²) in [7, 11) is 0. The van der Waals surface area contributed by atoms with Crippen molar-refractivity contribution in [2.24, 2.45) is 5.92 Å². The van der Waals surface area contributed by atoms with E-state index in [0.29, 0.717) is 22.9 Å². The van der Waals surface area contributed by atoms with E-state index in [-0.39, 0.29) is 30.8 Å². The number of nitrogens with zero attached hydrogens (tertiary/aromatic N) is 1. The summed E-state index contributed by atoms with van der Waals surface area (Å²) in [5.41, 5.74) is 4.88. The van der Waals surface area contributed by atoms with E-state index in [1.54, 1.807) is 47.4 Å². The number of rotatable bonds is 10. The molecule has 0 unspecified atom stereocenters. The van der Waals surface area contributed by atoms with Crippen LogP contribution >= 0.6 is 23.1 Å². The van der Waals surface area contributed by atoms with Gasteiger partial charge in [-0.15, -0.1) is 11.3 Å². The molecule has 0 saturated carbocycles. The Morgan fingerprint density at radius 2 is 1.55 bits per heavy atom. The lowest BCUT2D eigenvalue weighted by molar-refractivity contribution is -0.268. The molecule has 1 aliphatic heterocycles. The molecular weight excluding hydrogens is 655 g/mol. The molecule has 1 fully saturated rings. The van der Waals surface area contributed by atoms with Gasteiger partial charge >= 0.3 is 6.03 Å². The minimum atomic E-state index is -0.665. The minimum Gasteiger partial charge on any atom is -0.457 e. The molecule has 1 aromatic heterocycles. The van der Waals surface area contributed by atoms with Crippen LogP contribution in [0.4, 0.5) is 16.2 Å². The number of amides is 2. The Bertz CT molecular complexity index is 1970. The van der Waals surface area contributed by atoms with Crippen molar-refractivity contribution in [1.82, 2.24) is 4.98 Å². The number of thiazole rings is 1. The fourth-order valence-electron chi connectivity index (χ4n) is 5.66. The van der Waals surface area contributed by atoms with Gasteiger partial charge in [0.05, 0.1) is 29.0 Å². The Kier molecular flexibility index (Phi) is 10.2. The van der Waals surface area contributed by atoms with Crippen molar-refractivity contribution in [3.63, 3.8) is 0 Å². The number of benzene rings is 5. The predicted octanol–water partition coefficient (Wildman–Crippen LogP) is 9.81. The Morgan fingerprint density at radius 1 is 0.816 bits per heavy atom. The Balaban J connectivity index is 1.04. The third kappa shape index (κ3) is 8.13. The van der Waals surface area contributed by atoms with Gasteiger partial charge in [0.2, 0.25) is 0 Å². The quantitative estimate of drug-likeness (QED) is 0.123. The fraction of sp³-hybridized carbons (Fsp3) is 0.179.